The summed E-state index contributed by atoms with van der Waals surface area (Å²) in [6, 6.07) is 6.84. The first-order chi connectivity index (χ1) is 11.1. The van der Waals surface area contributed by atoms with Crippen molar-refractivity contribution in [3.8, 4) is 0 Å². The third-order valence-electron chi connectivity index (χ3n) is 3.53. The lowest BCUT2D eigenvalue weighted by atomic mass is 9.96. The van der Waals surface area contributed by atoms with Gasteiger partial charge < -0.3 is 10.1 Å². The number of rotatable bonds is 4. The fraction of sp³-hybridized carbons (Fsp3) is 0.188. The average Bonchev–Trinajstić information content (AvgIpc) is 3.00. The van der Waals surface area contributed by atoms with E-state index >= 15 is 0 Å². The Hall–Kier alpha value is -2.60. The zero-order valence-corrected chi connectivity index (χ0v) is 13.2. The van der Waals surface area contributed by atoms with Gasteiger partial charge in [-0.2, -0.15) is 10.1 Å². The van der Waals surface area contributed by atoms with E-state index in [0.717, 1.165) is 5.56 Å². The van der Waals surface area contributed by atoms with Gasteiger partial charge in [-0.3, -0.25) is 0 Å². The topological polar surface area (TPSA) is 69.0 Å². The molecule has 3 rings (SSSR count). The number of nitrogens with one attached hydrogen (secondary N) is 1. The zero-order valence-electron chi connectivity index (χ0n) is 12.5. The van der Waals surface area contributed by atoms with Crippen LogP contribution in [0, 0.1) is 0 Å². The first-order valence-electron chi connectivity index (χ1n) is 7.02. The molecule has 0 amide bonds. The van der Waals surface area contributed by atoms with Gasteiger partial charge >= 0.3 is 5.97 Å². The molecule has 0 radical (unpaired) electrons. The molecule has 1 N–H and O–H groups in total. The Morgan fingerprint density at radius 1 is 1.48 bits per heavy atom. The fourth-order valence-electron chi connectivity index (χ4n) is 2.52. The number of esters is 1. The minimum Gasteiger partial charge on any atom is -0.458 e. The molecule has 0 aliphatic carbocycles. The zero-order chi connectivity index (χ0) is 16.4. The van der Waals surface area contributed by atoms with Gasteiger partial charge in [0.1, 0.15) is 19.0 Å². The van der Waals surface area contributed by atoms with Crippen LogP contribution in [0.1, 0.15) is 18.5 Å². The van der Waals surface area contributed by atoms with Gasteiger partial charge in [0.2, 0.25) is 5.95 Å². The third-order valence-corrected chi connectivity index (χ3v) is 3.78. The van der Waals surface area contributed by atoms with Crippen molar-refractivity contribution in [2.75, 3.05) is 11.9 Å². The summed E-state index contributed by atoms with van der Waals surface area (Å²) in [6.07, 6.45) is 2.97. The van der Waals surface area contributed by atoms with Gasteiger partial charge in [-0.15, -0.1) is 0 Å². The Morgan fingerprint density at radius 3 is 2.91 bits per heavy atom. The molecular formula is C16H15ClN4O2. The molecule has 0 saturated carbocycles. The highest BCUT2D eigenvalue weighted by Crippen LogP contribution is 2.35. The summed E-state index contributed by atoms with van der Waals surface area (Å²) in [7, 11) is 0. The highest BCUT2D eigenvalue weighted by Gasteiger charge is 2.34. The predicted molar refractivity (Wildman–Crippen MR) is 87.1 cm³/mol. The lowest BCUT2D eigenvalue weighted by Crippen LogP contribution is -2.29. The van der Waals surface area contributed by atoms with Crippen molar-refractivity contribution in [3.63, 3.8) is 0 Å². The predicted octanol–water partition coefficient (Wildman–Crippen LogP) is 2.95. The quantitative estimate of drug-likeness (QED) is 0.689. The molecule has 7 heteroatoms. The Bertz CT molecular complexity index is 780. The molecule has 1 aliphatic heterocycles. The first kappa shape index (κ1) is 15.3. The summed E-state index contributed by atoms with van der Waals surface area (Å²) in [4.78, 5) is 16.7. The van der Waals surface area contributed by atoms with Crippen LogP contribution in [0.2, 0.25) is 5.02 Å². The largest absolute Gasteiger partial charge is 0.458 e. The number of carbonyl (C=O) groups is 1. The van der Waals surface area contributed by atoms with Crippen LogP contribution in [0.3, 0.4) is 0 Å². The van der Waals surface area contributed by atoms with Crippen LogP contribution in [-0.4, -0.2) is 27.3 Å². The number of hydrogen-bond acceptors (Lipinski definition) is 5. The number of allylic oxidation sites excluding steroid dienone is 1. The molecule has 0 bridgehead atoms. The summed E-state index contributed by atoms with van der Waals surface area (Å²) < 4.78 is 6.88. The Labute approximate surface area is 138 Å². The monoisotopic (exact) mass is 330 g/mol. The molecule has 0 saturated heterocycles. The SMILES string of the molecule is C=CCOC(=O)C1=C(C)Nc2ncnn2[C@@H]1c1ccc(Cl)cc1. The number of fused-ring (bicyclic) bond motifs is 1. The molecule has 1 aromatic heterocycles. The number of ether oxygens (including phenoxy) is 1. The van der Waals surface area contributed by atoms with Crippen molar-refractivity contribution < 1.29 is 9.53 Å². The minimum absolute atomic E-state index is 0.146. The van der Waals surface area contributed by atoms with E-state index in [9.17, 15) is 4.79 Å². The van der Waals surface area contributed by atoms with Crippen LogP contribution < -0.4 is 5.32 Å². The van der Waals surface area contributed by atoms with Gasteiger partial charge in [0.25, 0.3) is 0 Å². The maximum Gasteiger partial charge on any atom is 0.338 e. The Balaban J connectivity index is 2.08. The van der Waals surface area contributed by atoms with Crippen LogP contribution in [-0.2, 0) is 9.53 Å². The van der Waals surface area contributed by atoms with Gasteiger partial charge in [-0.1, -0.05) is 36.4 Å². The number of benzene rings is 1. The van der Waals surface area contributed by atoms with Crippen LogP contribution in [0.15, 0.2) is 54.5 Å². The maximum atomic E-state index is 12.5. The highest BCUT2D eigenvalue weighted by molar-refractivity contribution is 6.30. The molecule has 1 atom stereocenters. The van der Waals surface area contributed by atoms with Gasteiger partial charge in [0.05, 0.1) is 5.57 Å². The van der Waals surface area contributed by atoms with E-state index in [1.54, 1.807) is 16.8 Å². The average molecular weight is 331 g/mol. The van der Waals surface area contributed by atoms with Gasteiger partial charge in [0, 0.05) is 10.7 Å². The second-order valence-corrected chi connectivity index (χ2v) is 5.47. The van der Waals surface area contributed by atoms with Crippen molar-refractivity contribution in [2.24, 2.45) is 0 Å². The van der Waals surface area contributed by atoms with E-state index in [0.29, 0.717) is 22.2 Å². The van der Waals surface area contributed by atoms with Crippen molar-refractivity contribution >= 4 is 23.5 Å². The Kier molecular flexibility index (Phi) is 4.16. The number of aromatic nitrogens is 3. The molecular weight excluding hydrogens is 316 g/mol. The highest BCUT2D eigenvalue weighted by atomic mass is 35.5. The van der Waals surface area contributed by atoms with Gasteiger partial charge in [-0.25, -0.2) is 9.48 Å². The van der Waals surface area contributed by atoms with Gasteiger partial charge in [0.15, 0.2) is 0 Å². The number of anilines is 1. The molecule has 1 aromatic carbocycles. The molecule has 23 heavy (non-hydrogen) atoms. The maximum absolute atomic E-state index is 12.5. The van der Waals surface area contributed by atoms with Crippen LogP contribution >= 0.6 is 11.6 Å². The number of halogens is 1. The second-order valence-electron chi connectivity index (χ2n) is 5.03. The molecule has 118 valence electrons. The molecule has 0 fully saturated rings. The standard InChI is InChI=1S/C16H15ClN4O2/c1-3-8-23-15(22)13-10(2)20-16-18-9-19-21(16)14(13)11-4-6-12(17)7-5-11/h3-7,9,14H,1,8H2,2H3,(H,18,19,20)/t14-/m1/s1. The van der Waals surface area contributed by atoms with Crippen molar-refractivity contribution in [1.82, 2.24) is 14.8 Å². The summed E-state index contributed by atoms with van der Waals surface area (Å²) >= 11 is 5.96. The number of nitrogens with zero attached hydrogens (tertiary/aromatic N) is 3. The number of carbonyl (C=O) groups excluding carboxylic acids is 1. The molecule has 2 heterocycles. The molecule has 6 nitrogen and oxygen atoms in total. The van der Waals surface area contributed by atoms with Crippen LogP contribution in [0.25, 0.3) is 0 Å². The van der Waals surface area contributed by atoms with E-state index in [-0.39, 0.29) is 6.61 Å². The second kappa shape index (κ2) is 6.26. The van der Waals surface area contributed by atoms with Crippen LogP contribution in [0.5, 0.6) is 0 Å². The molecule has 0 unspecified atom stereocenters. The van der Waals surface area contributed by atoms with Gasteiger partial charge in [-0.05, 0) is 24.6 Å². The van der Waals surface area contributed by atoms with E-state index < -0.39 is 12.0 Å². The van der Waals surface area contributed by atoms with E-state index in [4.69, 9.17) is 16.3 Å². The lowest BCUT2D eigenvalue weighted by molar-refractivity contribution is -0.138. The van der Waals surface area contributed by atoms with E-state index in [2.05, 4.69) is 22.0 Å². The van der Waals surface area contributed by atoms with E-state index in [1.807, 2.05) is 19.1 Å². The fourth-order valence-corrected chi connectivity index (χ4v) is 2.65. The third kappa shape index (κ3) is 2.85. The van der Waals surface area contributed by atoms with Crippen LogP contribution in [0.4, 0.5) is 5.95 Å². The molecule has 0 spiro atoms. The van der Waals surface area contributed by atoms with Crippen molar-refractivity contribution in [1.29, 1.82) is 0 Å². The first-order valence-corrected chi connectivity index (χ1v) is 7.40. The summed E-state index contributed by atoms with van der Waals surface area (Å²) in [5.74, 6) is 0.152. The minimum atomic E-state index is -0.427. The van der Waals surface area contributed by atoms with Crippen molar-refractivity contribution in [2.45, 2.75) is 13.0 Å². The van der Waals surface area contributed by atoms with E-state index in [1.165, 1.54) is 12.4 Å². The normalized spacial score (nSPS) is 16.5. The smallest absolute Gasteiger partial charge is 0.338 e. The summed E-state index contributed by atoms with van der Waals surface area (Å²) in [5, 5.41) is 7.93. The number of hydrogen-bond donors (Lipinski definition) is 1. The molecule has 1 aliphatic rings. The molecule has 2 aromatic rings. The lowest BCUT2D eigenvalue weighted by Gasteiger charge is -2.28. The summed E-state index contributed by atoms with van der Waals surface area (Å²) in [6.45, 7) is 5.52. The Morgan fingerprint density at radius 2 is 2.22 bits per heavy atom. The van der Waals surface area contributed by atoms with Crippen molar-refractivity contribution in [3.05, 3.63) is 65.1 Å². The summed E-state index contributed by atoms with van der Waals surface area (Å²) in [5.41, 5.74) is 2.03.